The van der Waals surface area contributed by atoms with E-state index in [0.717, 1.165) is 4.47 Å². The Hall–Kier alpha value is -1.56. The van der Waals surface area contributed by atoms with Crippen LogP contribution in [0.5, 0.6) is 0 Å². The molecule has 5 nitrogen and oxygen atoms in total. The van der Waals surface area contributed by atoms with Crippen molar-refractivity contribution in [3.05, 3.63) is 22.8 Å². The maximum atomic E-state index is 12.9. The molecule has 0 spiro atoms. The molecule has 0 aliphatic heterocycles. The molecule has 1 aromatic heterocycles. The van der Waals surface area contributed by atoms with Crippen LogP contribution < -0.4 is 5.32 Å². The summed E-state index contributed by atoms with van der Waals surface area (Å²) in [5.74, 6) is -1.02. The molecule has 3 rings (SSSR count). The van der Waals surface area contributed by atoms with Crippen LogP contribution in [0.1, 0.15) is 33.6 Å². The smallest absolute Gasteiger partial charge is 0.240 e. The van der Waals surface area contributed by atoms with Crippen molar-refractivity contribution in [1.29, 1.82) is 0 Å². The van der Waals surface area contributed by atoms with Gasteiger partial charge < -0.3 is 5.32 Å². The third kappa shape index (κ3) is 1.59. The zero-order chi connectivity index (χ0) is 16.3. The van der Waals surface area contributed by atoms with E-state index >= 15 is 0 Å². The number of hydrogen-bond acceptors (Lipinski definition) is 4. The molecule has 2 fully saturated rings. The molecule has 0 unspecified atom stereocenters. The van der Waals surface area contributed by atoms with Gasteiger partial charge in [-0.15, -0.1) is 0 Å². The summed E-state index contributed by atoms with van der Waals surface area (Å²) in [4.78, 5) is 41.9. The quantitative estimate of drug-likeness (QED) is 0.646. The van der Waals surface area contributed by atoms with Crippen LogP contribution in [0.25, 0.3) is 0 Å². The summed E-state index contributed by atoms with van der Waals surface area (Å²) < 4.78 is 0.796. The lowest BCUT2D eigenvalue weighted by Crippen LogP contribution is -2.47. The number of fused-ring (bicyclic) bond motifs is 2. The maximum absolute atomic E-state index is 12.9. The molecule has 2 saturated carbocycles. The van der Waals surface area contributed by atoms with Gasteiger partial charge in [-0.05, 0) is 46.3 Å². The molecule has 116 valence electrons. The number of nitrogens with one attached hydrogen (secondary N) is 1. The number of amides is 1. The summed E-state index contributed by atoms with van der Waals surface area (Å²) >= 11 is 3.28. The lowest BCUT2D eigenvalue weighted by atomic mass is 9.64. The molecule has 2 aliphatic rings. The Labute approximate surface area is 137 Å². The SMILES string of the molecule is CC1(C)[C@@]2(C(=O)Nc3ccc(Br)cn3)CC[C@@]1(C)C(=O)C2=O. The highest BCUT2D eigenvalue weighted by Crippen LogP contribution is 2.69. The van der Waals surface area contributed by atoms with Crippen LogP contribution in [-0.2, 0) is 14.4 Å². The summed E-state index contributed by atoms with van der Waals surface area (Å²) in [5.41, 5.74) is -2.74. The molecule has 1 heterocycles. The Kier molecular flexibility index (Phi) is 3.12. The molecule has 1 N–H and O–H groups in total. The number of Topliss-reactive ketones (excluding diaryl/α,β-unsaturated/α-hetero) is 2. The minimum Gasteiger partial charge on any atom is -0.310 e. The van der Waals surface area contributed by atoms with Gasteiger partial charge in [0.15, 0.2) is 0 Å². The third-order valence-electron chi connectivity index (χ3n) is 5.90. The van der Waals surface area contributed by atoms with Gasteiger partial charge >= 0.3 is 0 Å². The highest BCUT2D eigenvalue weighted by molar-refractivity contribution is 9.10. The largest absolute Gasteiger partial charge is 0.310 e. The Morgan fingerprint density at radius 2 is 1.86 bits per heavy atom. The van der Waals surface area contributed by atoms with Crippen molar-refractivity contribution >= 4 is 39.2 Å². The number of carbonyl (C=O) groups is 3. The summed E-state index contributed by atoms with van der Waals surface area (Å²) in [6.07, 6.45) is 2.54. The molecular weight excluding hydrogens is 348 g/mol. The van der Waals surface area contributed by atoms with Crippen molar-refractivity contribution in [3.63, 3.8) is 0 Å². The molecule has 0 aromatic carbocycles. The van der Waals surface area contributed by atoms with Crippen molar-refractivity contribution in [1.82, 2.24) is 4.98 Å². The van der Waals surface area contributed by atoms with Gasteiger partial charge in [-0.1, -0.05) is 20.8 Å². The van der Waals surface area contributed by atoms with Gasteiger partial charge in [0.25, 0.3) is 0 Å². The first-order chi connectivity index (χ1) is 10.2. The average Bonchev–Trinajstić information content (AvgIpc) is 2.74. The first-order valence-electron chi connectivity index (χ1n) is 7.19. The monoisotopic (exact) mass is 364 g/mol. The van der Waals surface area contributed by atoms with Crippen molar-refractivity contribution in [2.24, 2.45) is 16.2 Å². The second-order valence-electron chi connectivity index (χ2n) is 6.84. The molecule has 0 radical (unpaired) electrons. The van der Waals surface area contributed by atoms with E-state index in [4.69, 9.17) is 0 Å². The number of hydrogen-bond donors (Lipinski definition) is 1. The number of carbonyl (C=O) groups excluding carboxylic acids is 3. The van der Waals surface area contributed by atoms with E-state index < -0.39 is 33.7 Å². The van der Waals surface area contributed by atoms with Crippen LogP contribution in [0.2, 0.25) is 0 Å². The molecule has 2 atom stereocenters. The average molecular weight is 365 g/mol. The third-order valence-corrected chi connectivity index (χ3v) is 6.37. The summed E-state index contributed by atoms with van der Waals surface area (Å²) in [5, 5.41) is 2.71. The Balaban J connectivity index is 1.99. The molecule has 22 heavy (non-hydrogen) atoms. The molecule has 1 aromatic rings. The normalized spacial score (nSPS) is 32.4. The number of rotatable bonds is 2. The summed E-state index contributed by atoms with van der Waals surface area (Å²) in [6.45, 7) is 5.49. The lowest BCUT2D eigenvalue weighted by molar-refractivity contribution is -0.147. The van der Waals surface area contributed by atoms with Crippen molar-refractivity contribution in [2.75, 3.05) is 5.32 Å². The van der Waals surface area contributed by atoms with Gasteiger partial charge in [0.2, 0.25) is 17.5 Å². The van der Waals surface area contributed by atoms with E-state index in [1.165, 1.54) is 0 Å². The Morgan fingerprint density at radius 1 is 1.18 bits per heavy atom. The molecule has 2 aliphatic carbocycles. The fraction of sp³-hybridized carbons (Fsp3) is 0.500. The number of aromatic nitrogens is 1. The zero-order valence-corrected chi connectivity index (χ0v) is 14.3. The molecule has 2 bridgehead atoms. The van der Waals surface area contributed by atoms with Crippen molar-refractivity contribution < 1.29 is 14.4 Å². The van der Waals surface area contributed by atoms with Crippen LogP contribution in [0.3, 0.4) is 0 Å². The highest BCUT2D eigenvalue weighted by atomic mass is 79.9. The van der Waals surface area contributed by atoms with Gasteiger partial charge in [0.1, 0.15) is 11.2 Å². The van der Waals surface area contributed by atoms with Crippen LogP contribution in [0, 0.1) is 16.2 Å². The van der Waals surface area contributed by atoms with E-state index in [9.17, 15) is 14.4 Å². The minimum atomic E-state index is -1.28. The van der Waals surface area contributed by atoms with Gasteiger partial charge in [-0.2, -0.15) is 0 Å². The standard InChI is InChI=1S/C16H17BrN2O3/c1-14(2)15(3)6-7-16(14,12(21)11(15)20)13(22)19-10-5-4-9(17)8-18-10/h4-5,8H,6-7H2,1-3H3,(H,18,19,22)/t15-,16-/m0/s1. The fourth-order valence-electron chi connectivity index (χ4n) is 3.95. The molecule has 0 saturated heterocycles. The van der Waals surface area contributed by atoms with Crippen LogP contribution in [0.15, 0.2) is 22.8 Å². The lowest BCUT2D eigenvalue weighted by Gasteiger charge is -2.36. The van der Waals surface area contributed by atoms with Crippen molar-refractivity contribution in [2.45, 2.75) is 33.6 Å². The molecule has 6 heteroatoms. The predicted molar refractivity (Wildman–Crippen MR) is 84.1 cm³/mol. The fourth-order valence-corrected chi connectivity index (χ4v) is 4.18. The second-order valence-corrected chi connectivity index (χ2v) is 7.75. The Morgan fingerprint density at radius 3 is 2.36 bits per heavy atom. The van der Waals surface area contributed by atoms with Gasteiger partial charge in [0, 0.05) is 16.1 Å². The minimum absolute atomic E-state index is 0.374. The van der Waals surface area contributed by atoms with Crippen LogP contribution >= 0.6 is 15.9 Å². The first-order valence-corrected chi connectivity index (χ1v) is 7.98. The van der Waals surface area contributed by atoms with Gasteiger partial charge in [0.05, 0.1) is 0 Å². The van der Waals surface area contributed by atoms with E-state index in [2.05, 4.69) is 26.2 Å². The molecular formula is C16H17BrN2O3. The number of nitrogens with zero attached hydrogens (tertiary/aromatic N) is 1. The number of halogens is 1. The topological polar surface area (TPSA) is 76.1 Å². The van der Waals surface area contributed by atoms with Gasteiger partial charge in [-0.25, -0.2) is 4.98 Å². The van der Waals surface area contributed by atoms with E-state index in [0.29, 0.717) is 18.7 Å². The molecule has 1 amide bonds. The zero-order valence-electron chi connectivity index (χ0n) is 12.7. The van der Waals surface area contributed by atoms with Gasteiger partial charge in [-0.3, -0.25) is 14.4 Å². The van der Waals surface area contributed by atoms with E-state index in [1.54, 1.807) is 25.3 Å². The predicted octanol–water partition coefficient (Wildman–Crippen LogP) is 2.75. The van der Waals surface area contributed by atoms with E-state index in [1.807, 2.05) is 13.8 Å². The summed E-state index contributed by atoms with van der Waals surface area (Å²) in [6, 6.07) is 3.41. The van der Waals surface area contributed by atoms with Crippen molar-refractivity contribution in [3.8, 4) is 0 Å². The van der Waals surface area contributed by atoms with Crippen LogP contribution in [-0.4, -0.2) is 22.5 Å². The highest BCUT2D eigenvalue weighted by Gasteiger charge is 2.77. The maximum Gasteiger partial charge on any atom is 0.240 e. The number of pyridine rings is 1. The summed E-state index contributed by atoms with van der Waals surface area (Å²) in [7, 11) is 0. The number of ketones is 2. The Bertz CT molecular complexity index is 698. The van der Waals surface area contributed by atoms with Crippen LogP contribution in [0.4, 0.5) is 5.82 Å². The number of anilines is 1. The first kappa shape index (κ1) is 15.3. The second kappa shape index (κ2) is 4.47. The van der Waals surface area contributed by atoms with E-state index in [-0.39, 0.29) is 0 Å².